The highest BCUT2D eigenvalue weighted by molar-refractivity contribution is 7.71. The largest absolute Gasteiger partial charge is 0.497 e. The molecular weight excluding hydrogens is 382 g/mol. The average molecular weight is 405 g/mol. The minimum atomic E-state index is 0.328. The van der Waals surface area contributed by atoms with Crippen molar-refractivity contribution in [2.24, 2.45) is 0 Å². The Balaban J connectivity index is 1.59. The average Bonchev–Trinajstić information content (AvgIpc) is 3.43. The Hall–Kier alpha value is -2.16. The molecule has 4 rings (SSSR count). The number of likely N-dealkylation sites (tertiary alicyclic amines) is 1. The Labute approximate surface area is 166 Å². The fourth-order valence-electron chi connectivity index (χ4n) is 3.68. The number of methoxy groups -OCH3 is 2. The maximum absolute atomic E-state index is 5.71. The van der Waals surface area contributed by atoms with Crippen LogP contribution < -0.4 is 14.4 Å². The van der Waals surface area contributed by atoms with Crippen molar-refractivity contribution in [3.05, 3.63) is 46.1 Å². The monoisotopic (exact) mass is 404 g/mol. The zero-order valence-electron chi connectivity index (χ0n) is 15.3. The SMILES string of the molecule is COc1ccc([C@H]2CCC[NH+]2Cn2nc(-c3cccs3)oc2=S)c(OC)c1. The van der Waals surface area contributed by atoms with Crippen molar-refractivity contribution >= 4 is 23.6 Å². The van der Waals surface area contributed by atoms with Crippen LogP contribution in [0.2, 0.25) is 0 Å². The summed E-state index contributed by atoms with van der Waals surface area (Å²) in [5.74, 6) is 2.25. The topological polar surface area (TPSA) is 53.9 Å². The molecule has 1 saturated heterocycles. The second-order valence-corrected chi connectivity index (χ2v) is 7.82. The van der Waals surface area contributed by atoms with Gasteiger partial charge >= 0.3 is 0 Å². The van der Waals surface area contributed by atoms with Gasteiger partial charge in [-0.2, -0.15) is 4.68 Å². The third-order valence-electron chi connectivity index (χ3n) is 4.99. The van der Waals surface area contributed by atoms with Crippen molar-refractivity contribution < 1.29 is 18.8 Å². The summed E-state index contributed by atoms with van der Waals surface area (Å²) in [6.45, 7) is 1.73. The first-order chi connectivity index (χ1) is 13.2. The van der Waals surface area contributed by atoms with E-state index >= 15 is 0 Å². The Morgan fingerprint density at radius 2 is 2.22 bits per heavy atom. The van der Waals surface area contributed by atoms with Gasteiger partial charge in [0.05, 0.1) is 31.2 Å². The molecular formula is C19H22N3O3S2+. The summed E-state index contributed by atoms with van der Waals surface area (Å²) in [6, 6.07) is 10.3. The Morgan fingerprint density at radius 1 is 1.33 bits per heavy atom. The van der Waals surface area contributed by atoms with Crippen molar-refractivity contribution in [1.29, 1.82) is 0 Å². The fraction of sp³-hybridized carbons (Fsp3) is 0.368. The summed E-state index contributed by atoms with van der Waals surface area (Å²) in [5.41, 5.74) is 1.19. The van der Waals surface area contributed by atoms with Crippen LogP contribution in [0.1, 0.15) is 24.4 Å². The van der Waals surface area contributed by atoms with Gasteiger partial charge in [-0.05, 0) is 35.8 Å². The van der Waals surface area contributed by atoms with Gasteiger partial charge in [0.25, 0.3) is 10.7 Å². The highest BCUT2D eigenvalue weighted by Gasteiger charge is 2.33. The first-order valence-corrected chi connectivity index (χ1v) is 10.2. The lowest BCUT2D eigenvalue weighted by molar-refractivity contribution is -0.941. The number of nitrogens with one attached hydrogen (secondary N) is 1. The van der Waals surface area contributed by atoms with E-state index < -0.39 is 0 Å². The molecule has 2 atom stereocenters. The van der Waals surface area contributed by atoms with Crippen LogP contribution in [0.3, 0.4) is 0 Å². The molecule has 1 aliphatic heterocycles. The number of nitrogens with zero attached hydrogens (tertiary/aromatic N) is 2. The smallest absolute Gasteiger partial charge is 0.292 e. The molecule has 8 heteroatoms. The first-order valence-electron chi connectivity index (χ1n) is 8.88. The number of rotatable bonds is 6. The van der Waals surface area contributed by atoms with Crippen LogP contribution in [0.15, 0.2) is 40.1 Å². The summed E-state index contributed by atoms with van der Waals surface area (Å²) in [4.78, 5) is 2.81. The second kappa shape index (κ2) is 7.84. The number of benzene rings is 1. The van der Waals surface area contributed by atoms with Gasteiger partial charge in [-0.25, -0.2) is 0 Å². The van der Waals surface area contributed by atoms with Gasteiger partial charge < -0.3 is 18.8 Å². The molecule has 3 heterocycles. The van der Waals surface area contributed by atoms with Crippen LogP contribution in [0.4, 0.5) is 0 Å². The maximum atomic E-state index is 5.71. The van der Waals surface area contributed by atoms with Crippen LogP contribution in [-0.4, -0.2) is 30.5 Å². The molecule has 0 aliphatic carbocycles. The highest BCUT2D eigenvalue weighted by atomic mass is 32.1. The molecule has 0 spiro atoms. The molecule has 3 aromatic rings. The van der Waals surface area contributed by atoms with E-state index in [1.54, 1.807) is 30.2 Å². The fourth-order valence-corrected chi connectivity index (χ4v) is 4.51. The lowest BCUT2D eigenvalue weighted by atomic mass is 10.0. The van der Waals surface area contributed by atoms with Crippen molar-refractivity contribution in [3.63, 3.8) is 0 Å². The molecule has 1 unspecified atom stereocenters. The number of thiophene rings is 1. The quantitative estimate of drug-likeness (QED) is 0.639. The lowest BCUT2D eigenvalue weighted by Crippen LogP contribution is -3.09. The van der Waals surface area contributed by atoms with E-state index in [1.807, 2.05) is 29.6 Å². The third kappa shape index (κ3) is 3.65. The maximum Gasteiger partial charge on any atom is 0.292 e. The highest BCUT2D eigenvalue weighted by Crippen LogP contribution is 2.31. The summed E-state index contributed by atoms with van der Waals surface area (Å²) in [5, 5.41) is 6.60. The summed E-state index contributed by atoms with van der Waals surface area (Å²) in [6.07, 6.45) is 2.25. The van der Waals surface area contributed by atoms with Crippen molar-refractivity contribution in [2.45, 2.75) is 25.6 Å². The van der Waals surface area contributed by atoms with Gasteiger partial charge in [0.15, 0.2) is 6.67 Å². The van der Waals surface area contributed by atoms with E-state index in [1.165, 1.54) is 10.5 Å². The minimum absolute atomic E-state index is 0.328. The number of hydrogen-bond donors (Lipinski definition) is 1. The Kier molecular flexibility index (Phi) is 5.29. The number of hydrogen-bond acceptors (Lipinski definition) is 6. The summed E-state index contributed by atoms with van der Waals surface area (Å²) in [7, 11) is 3.37. The molecule has 2 aromatic heterocycles. The number of quaternary nitrogens is 1. The van der Waals surface area contributed by atoms with Crippen molar-refractivity contribution in [1.82, 2.24) is 9.78 Å². The molecule has 27 heavy (non-hydrogen) atoms. The first kappa shape index (κ1) is 18.2. The molecule has 1 fully saturated rings. The van der Waals surface area contributed by atoms with Gasteiger partial charge in [0, 0.05) is 18.9 Å². The van der Waals surface area contributed by atoms with E-state index in [2.05, 4.69) is 11.2 Å². The van der Waals surface area contributed by atoms with Gasteiger partial charge in [0.2, 0.25) is 0 Å². The molecule has 0 saturated carbocycles. The molecule has 1 N–H and O–H groups in total. The molecule has 142 valence electrons. The van der Waals surface area contributed by atoms with Crippen LogP contribution in [0.5, 0.6) is 11.5 Å². The molecule has 1 aromatic carbocycles. The van der Waals surface area contributed by atoms with E-state index in [0.717, 1.165) is 35.8 Å². The minimum Gasteiger partial charge on any atom is -0.497 e. The van der Waals surface area contributed by atoms with Gasteiger partial charge in [-0.15, -0.1) is 16.4 Å². The second-order valence-electron chi connectivity index (χ2n) is 6.52. The Bertz CT molecular complexity index is 965. The molecule has 0 amide bonds. The lowest BCUT2D eigenvalue weighted by Gasteiger charge is -2.23. The van der Waals surface area contributed by atoms with Crippen LogP contribution >= 0.6 is 23.6 Å². The standard InChI is InChI=1S/C19H21N3O3S2/c1-23-13-7-8-14(16(11-13)24-2)15-5-3-9-21(15)12-22-19(26)25-18(20-22)17-6-4-10-27-17/h4,6-8,10-11,15H,3,5,9,12H2,1-2H3/p+1/t15-/m1/s1. The number of ether oxygens (including phenoxy) is 2. The zero-order chi connectivity index (χ0) is 18.8. The molecule has 6 nitrogen and oxygen atoms in total. The predicted octanol–water partition coefficient (Wildman–Crippen LogP) is 3.33. The molecule has 1 aliphatic rings. The number of aromatic nitrogens is 2. The van der Waals surface area contributed by atoms with Crippen LogP contribution in [0, 0.1) is 4.84 Å². The van der Waals surface area contributed by atoms with Gasteiger partial charge in [-0.1, -0.05) is 6.07 Å². The summed E-state index contributed by atoms with van der Waals surface area (Å²) >= 11 is 7.00. The van der Waals surface area contributed by atoms with E-state index in [9.17, 15) is 0 Å². The van der Waals surface area contributed by atoms with Crippen molar-refractivity contribution in [2.75, 3.05) is 20.8 Å². The molecule has 0 radical (unpaired) electrons. The van der Waals surface area contributed by atoms with Crippen LogP contribution in [-0.2, 0) is 6.67 Å². The van der Waals surface area contributed by atoms with Crippen LogP contribution in [0.25, 0.3) is 10.8 Å². The molecule has 0 bridgehead atoms. The predicted molar refractivity (Wildman–Crippen MR) is 106 cm³/mol. The van der Waals surface area contributed by atoms with E-state index in [4.69, 9.17) is 26.1 Å². The van der Waals surface area contributed by atoms with E-state index in [0.29, 0.717) is 23.4 Å². The third-order valence-corrected chi connectivity index (χ3v) is 6.14. The zero-order valence-corrected chi connectivity index (χ0v) is 16.9. The van der Waals surface area contributed by atoms with Gasteiger partial charge in [-0.3, -0.25) is 0 Å². The van der Waals surface area contributed by atoms with Gasteiger partial charge in [0.1, 0.15) is 17.5 Å². The Morgan fingerprint density at radius 3 is 2.96 bits per heavy atom. The van der Waals surface area contributed by atoms with E-state index in [-0.39, 0.29) is 0 Å². The normalized spacial score (nSPS) is 19.3. The summed E-state index contributed by atoms with van der Waals surface area (Å²) < 4.78 is 18.5. The van der Waals surface area contributed by atoms with Crippen molar-refractivity contribution in [3.8, 4) is 22.3 Å².